The van der Waals surface area contributed by atoms with Crippen molar-refractivity contribution in [3.8, 4) is 0 Å². The van der Waals surface area contributed by atoms with Crippen molar-refractivity contribution < 1.29 is 9.90 Å². The Morgan fingerprint density at radius 1 is 1.56 bits per heavy atom. The summed E-state index contributed by atoms with van der Waals surface area (Å²) in [5.41, 5.74) is 0.684. The Hall–Kier alpha value is -0.870. The lowest BCUT2D eigenvalue weighted by atomic mass is 9.89. The van der Waals surface area contributed by atoms with Crippen molar-refractivity contribution in [1.29, 1.82) is 0 Å². The van der Waals surface area contributed by atoms with Gasteiger partial charge in [0.1, 0.15) is 0 Å². The SMILES string of the molecule is CN(C(=O)CN1CC(O)(C2CC2)C1)C1=CCCC1. The summed E-state index contributed by atoms with van der Waals surface area (Å²) in [6.45, 7) is 1.80. The van der Waals surface area contributed by atoms with E-state index in [1.165, 1.54) is 0 Å². The number of β-amino-alcohol motifs (C(OH)–C–C–N with tert-alkyl or cyclic N) is 1. The first-order chi connectivity index (χ1) is 8.58. The third kappa shape index (κ3) is 2.19. The summed E-state index contributed by atoms with van der Waals surface area (Å²) < 4.78 is 0. The summed E-state index contributed by atoms with van der Waals surface area (Å²) in [6.07, 6.45) is 7.76. The van der Waals surface area contributed by atoms with Crippen molar-refractivity contribution in [3.63, 3.8) is 0 Å². The number of carbonyl (C=O) groups is 1. The monoisotopic (exact) mass is 250 g/mol. The van der Waals surface area contributed by atoms with E-state index < -0.39 is 5.60 Å². The molecule has 100 valence electrons. The van der Waals surface area contributed by atoms with E-state index in [-0.39, 0.29) is 5.91 Å². The molecule has 0 bridgehead atoms. The Morgan fingerprint density at radius 2 is 2.28 bits per heavy atom. The normalized spacial score (nSPS) is 26.7. The van der Waals surface area contributed by atoms with Crippen molar-refractivity contribution in [1.82, 2.24) is 9.80 Å². The zero-order valence-corrected chi connectivity index (χ0v) is 11.1. The van der Waals surface area contributed by atoms with Gasteiger partial charge in [-0.1, -0.05) is 6.08 Å². The number of hydrogen-bond donors (Lipinski definition) is 1. The Kier molecular flexibility index (Phi) is 2.94. The molecule has 1 saturated carbocycles. The summed E-state index contributed by atoms with van der Waals surface area (Å²) in [5, 5.41) is 10.2. The Labute approximate surface area is 108 Å². The van der Waals surface area contributed by atoms with E-state index in [9.17, 15) is 9.90 Å². The van der Waals surface area contributed by atoms with Gasteiger partial charge in [0.2, 0.25) is 5.91 Å². The second-order valence-electron chi connectivity index (χ2n) is 6.06. The second-order valence-corrected chi connectivity index (χ2v) is 6.06. The molecule has 0 aromatic heterocycles. The lowest BCUT2D eigenvalue weighted by molar-refractivity contribution is -0.142. The molecule has 2 aliphatic carbocycles. The number of allylic oxidation sites excluding steroid dienone is 2. The van der Waals surface area contributed by atoms with Crippen LogP contribution in [0.5, 0.6) is 0 Å². The molecule has 0 aromatic rings. The van der Waals surface area contributed by atoms with E-state index in [1.807, 2.05) is 7.05 Å². The molecule has 0 spiro atoms. The van der Waals surface area contributed by atoms with Crippen LogP contribution in [0.3, 0.4) is 0 Å². The molecule has 3 aliphatic rings. The van der Waals surface area contributed by atoms with Gasteiger partial charge in [-0.2, -0.15) is 0 Å². The molecule has 1 heterocycles. The molecule has 18 heavy (non-hydrogen) atoms. The lowest BCUT2D eigenvalue weighted by Crippen LogP contribution is -2.64. The van der Waals surface area contributed by atoms with Crippen LogP contribution in [-0.4, -0.2) is 53.1 Å². The first kappa shape index (κ1) is 12.2. The highest BCUT2D eigenvalue weighted by Gasteiger charge is 2.52. The van der Waals surface area contributed by atoms with Crippen LogP contribution in [0.15, 0.2) is 11.8 Å². The van der Waals surface area contributed by atoms with E-state index in [1.54, 1.807) is 4.90 Å². The number of hydrogen-bond acceptors (Lipinski definition) is 3. The van der Waals surface area contributed by atoms with Crippen LogP contribution in [0.25, 0.3) is 0 Å². The molecule has 1 amide bonds. The van der Waals surface area contributed by atoms with E-state index in [0.717, 1.165) is 37.8 Å². The number of amides is 1. The van der Waals surface area contributed by atoms with Crippen LogP contribution in [0.2, 0.25) is 0 Å². The highest BCUT2D eigenvalue weighted by atomic mass is 16.3. The quantitative estimate of drug-likeness (QED) is 0.808. The highest BCUT2D eigenvalue weighted by Crippen LogP contribution is 2.44. The predicted molar refractivity (Wildman–Crippen MR) is 68.8 cm³/mol. The standard InChI is InChI=1S/C14H22N2O2/c1-15(12-4-2-3-5-12)13(17)8-16-9-14(18,10-16)11-6-7-11/h4,11,18H,2-3,5-10H2,1H3. The van der Waals surface area contributed by atoms with E-state index in [2.05, 4.69) is 11.0 Å². The summed E-state index contributed by atoms with van der Waals surface area (Å²) in [4.78, 5) is 15.9. The van der Waals surface area contributed by atoms with Crippen LogP contribution < -0.4 is 0 Å². The zero-order chi connectivity index (χ0) is 12.8. The first-order valence-corrected chi connectivity index (χ1v) is 6.99. The minimum atomic E-state index is -0.481. The average Bonchev–Trinajstić information content (AvgIpc) is 3.02. The average molecular weight is 250 g/mol. The molecule has 1 N–H and O–H groups in total. The first-order valence-electron chi connectivity index (χ1n) is 6.99. The number of nitrogens with zero attached hydrogens (tertiary/aromatic N) is 2. The van der Waals surface area contributed by atoms with Crippen molar-refractivity contribution in [3.05, 3.63) is 11.8 Å². The van der Waals surface area contributed by atoms with Gasteiger partial charge in [0.25, 0.3) is 0 Å². The van der Waals surface area contributed by atoms with E-state index >= 15 is 0 Å². The van der Waals surface area contributed by atoms with Gasteiger partial charge < -0.3 is 10.0 Å². The molecular formula is C14H22N2O2. The molecule has 0 radical (unpaired) electrons. The van der Waals surface area contributed by atoms with Gasteiger partial charge in [0.15, 0.2) is 0 Å². The number of aliphatic hydroxyl groups is 1. The van der Waals surface area contributed by atoms with Gasteiger partial charge in [-0.25, -0.2) is 0 Å². The Bertz CT molecular complexity index is 381. The highest BCUT2D eigenvalue weighted by molar-refractivity contribution is 5.80. The summed E-state index contributed by atoms with van der Waals surface area (Å²) in [5.74, 6) is 0.653. The van der Waals surface area contributed by atoms with Crippen LogP contribution >= 0.6 is 0 Å². The fourth-order valence-electron chi connectivity index (χ4n) is 3.13. The lowest BCUT2D eigenvalue weighted by Gasteiger charge is -2.47. The molecule has 3 rings (SSSR count). The van der Waals surface area contributed by atoms with Gasteiger partial charge in [0.05, 0.1) is 12.1 Å². The molecule has 0 unspecified atom stereocenters. The Morgan fingerprint density at radius 3 is 2.83 bits per heavy atom. The summed E-state index contributed by atoms with van der Waals surface area (Å²) in [7, 11) is 1.87. The van der Waals surface area contributed by atoms with Gasteiger partial charge >= 0.3 is 0 Å². The molecule has 0 aromatic carbocycles. The molecule has 1 saturated heterocycles. The topological polar surface area (TPSA) is 43.8 Å². The van der Waals surface area contributed by atoms with Gasteiger partial charge in [-0.3, -0.25) is 9.69 Å². The maximum absolute atomic E-state index is 12.1. The largest absolute Gasteiger partial charge is 0.387 e. The number of likely N-dealkylation sites (tertiary alicyclic amines) is 1. The summed E-state index contributed by atoms with van der Waals surface area (Å²) >= 11 is 0. The van der Waals surface area contributed by atoms with E-state index in [0.29, 0.717) is 25.6 Å². The van der Waals surface area contributed by atoms with Crippen molar-refractivity contribution >= 4 is 5.91 Å². The zero-order valence-electron chi connectivity index (χ0n) is 11.1. The van der Waals surface area contributed by atoms with Crippen LogP contribution in [0.4, 0.5) is 0 Å². The second kappa shape index (κ2) is 4.35. The van der Waals surface area contributed by atoms with Crippen LogP contribution in [-0.2, 0) is 4.79 Å². The minimum absolute atomic E-state index is 0.154. The number of likely N-dealkylation sites (N-methyl/N-ethyl adjacent to an activating group) is 1. The molecule has 2 fully saturated rings. The minimum Gasteiger partial charge on any atom is -0.387 e. The van der Waals surface area contributed by atoms with Crippen molar-refractivity contribution in [2.75, 3.05) is 26.7 Å². The van der Waals surface area contributed by atoms with Crippen molar-refractivity contribution in [2.24, 2.45) is 5.92 Å². The molecular weight excluding hydrogens is 228 g/mol. The molecule has 1 aliphatic heterocycles. The van der Waals surface area contributed by atoms with E-state index in [4.69, 9.17) is 0 Å². The number of carbonyl (C=O) groups excluding carboxylic acids is 1. The third-order valence-corrected chi connectivity index (χ3v) is 4.51. The maximum atomic E-state index is 12.1. The molecule has 0 atom stereocenters. The van der Waals surface area contributed by atoms with Gasteiger partial charge in [-0.05, 0) is 38.0 Å². The Balaban J connectivity index is 1.47. The fourth-order valence-corrected chi connectivity index (χ4v) is 3.13. The fraction of sp³-hybridized carbons (Fsp3) is 0.786. The van der Waals surface area contributed by atoms with Crippen LogP contribution in [0.1, 0.15) is 32.1 Å². The summed E-state index contributed by atoms with van der Waals surface area (Å²) in [6, 6.07) is 0. The molecule has 4 heteroatoms. The smallest absolute Gasteiger partial charge is 0.240 e. The van der Waals surface area contributed by atoms with Gasteiger partial charge in [0, 0.05) is 25.8 Å². The van der Waals surface area contributed by atoms with Gasteiger partial charge in [-0.15, -0.1) is 0 Å². The number of rotatable bonds is 4. The predicted octanol–water partition coefficient (Wildman–Crippen LogP) is 0.969. The van der Waals surface area contributed by atoms with Crippen LogP contribution in [0, 0.1) is 5.92 Å². The third-order valence-electron chi connectivity index (χ3n) is 4.51. The van der Waals surface area contributed by atoms with Crippen molar-refractivity contribution in [2.45, 2.75) is 37.7 Å². The maximum Gasteiger partial charge on any atom is 0.240 e. The molecule has 4 nitrogen and oxygen atoms in total.